The van der Waals surface area contributed by atoms with Crippen molar-refractivity contribution in [1.82, 2.24) is 14.9 Å². The van der Waals surface area contributed by atoms with E-state index in [1.165, 1.54) is 15.4 Å². The molecule has 3 aromatic heterocycles. The fraction of sp³-hybridized carbons (Fsp3) is 0.381. The van der Waals surface area contributed by atoms with Gasteiger partial charge in [0.2, 0.25) is 0 Å². The monoisotopic (exact) mass is 397 g/mol. The Balaban J connectivity index is 1.40. The van der Waals surface area contributed by atoms with E-state index < -0.39 is 0 Å². The molecule has 0 aliphatic carbocycles. The molecule has 27 heavy (non-hydrogen) atoms. The maximum atomic E-state index is 12.8. The van der Waals surface area contributed by atoms with Crippen LogP contribution in [0.1, 0.15) is 50.8 Å². The Morgan fingerprint density at radius 3 is 2.67 bits per heavy atom. The molecule has 0 atom stereocenters. The van der Waals surface area contributed by atoms with Crippen molar-refractivity contribution < 1.29 is 4.79 Å². The molecule has 1 aliphatic rings. The van der Waals surface area contributed by atoms with Crippen molar-refractivity contribution in [2.45, 2.75) is 39.0 Å². The number of likely N-dealkylation sites (tertiary alicyclic amines) is 1. The summed E-state index contributed by atoms with van der Waals surface area (Å²) in [7, 11) is 0. The number of thiophene rings is 1. The molecule has 4 nitrogen and oxygen atoms in total. The lowest BCUT2D eigenvalue weighted by atomic mass is 9.97. The number of rotatable bonds is 4. The topological polar surface area (TPSA) is 46.1 Å². The molecule has 1 aliphatic heterocycles. The van der Waals surface area contributed by atoms with Gasteiger partial charge in [0.1, 0.15) is 0 Å². The first-order chi connectivity index (χ1) is 13.2. The normalized spacial score (nSPS) is 15.3. The van der Waals surface area contributed by atoms with Gasteiger partial charge in [0.25, 0.3) is 5.91 Å². The summed E-state index contributed by atoms with van der Waals surface area (Å²) in [6.45, 7) is 5.87. The largest absolute Gasteiger partial charge is 0.338 e. The SMILES string of the molecule is CCc1cc(C(=O)N2CCC(c3nc(-c4ccncc4)cs3)CC2)sc1C. The molecule has 1 saturated heterocycles. The lowest BCUT2D eigenvalue weighted by molar-refractivity contribution is 0.0718. The van der Waals surface area contributed by atoms with Crippen molar-refractivity contribution >= 4 is 28.6 Å². The van der Waals surface area contributed by atoms with Crippen LogP contribution in [0.15, 0.2) is 36.0 Å². The predicted molar refractivity (Wildman–Crippen MR) is 112 cm³/mol. The summed E-state index contributed by atoms with van der Waals surface area (Å²) >= 11 is 3.36. The maximum absolute atomic E-state index is 12.8. The number of carbonyl (C=O) groups excluding carboxylic acids is 1. The highest BCUT2D eigenvalue weighted by molar-refractivity contribution is 7.14. The predicted octanol–water partition coefficient (Wildman–Crippen LogP) is 5.16. The number of pyridine rings is 1. The maximum Gasteiger partial charge on any atom is 0.263 e. The van der Waals surface area contributed by atoms with E-state index in [2.05, 4.69) is 30.3 Å². The molecule has 0 aromatic carbocycles. The summed E-state index contributed by atoms with van der Waals surface area (Å²) in [6, 6.07) is 6.07. The van der Waals surface area contributed by atoms with E-state index in [0.717, 1.165) is 48.5 Å². The first-order valence-electron chi connectivity index (χ1n) is 9.40. The molecule has 4 heterocycles. The number of hydrogen-bond acceptors (Lipinski definition) is 5. The van der Waals surface area contributed by atoms with Crippen molar-refractivity contribution in [2.24, 2.45) is 0 Å². The minimum Gasteiger partial charge on any atom is -0.338 e. The third kappa shape index (κ3) is 3.82. The highest BCUT2D eigenvalue weighted by Gasteiger charge is 2.27. The van der Waals surface area contributed by atoms with E-state index in [9.17, 15) is 4.79 Å². The smallest absolute Gasteiger partial charge is 0.263 e. The molecule has 1 fully saturated rings. The van der Waals surface area contributed by atoms with E-state index >= 15 is 0 Å². The summed E-state index contributed by atoms with van der Waals surface area (Å²) < 4.78 is 0. The zero-order valence-electron chi connectivity index (χ0n) is 15.6. The van der Waals surface area contributed by atoms with E-state index in [1.54, 1.807) is 35.1 Å². The molecule has 6 heteroatoms. The second-order valence-electron chi connectivity index (χ2n) is 6.92. The van der Waals surface area contributed by atoms with E-state index in [0.29, 0.717) is 5.92 Å². The van der Waals surface area contributed by atoms with Crippen molar-refractivity contribution in [2.75, 3.05) is 13.1 Å². The number of piperidine rings is 1. The van der Waals surface area contributed by atoms with Crippen LogP contribution in [0, 0.1) is 6.92 Å². The number of aromatic nitrogens is 2. The number of carbonyl (C=O) groups is 1. The minimum atomic E-state index is 0.192. The van der Waals surface area contributed by atoms with Crippen LogP contribution in [0.3, 0.4) is 0 Å². The van der Waals surface area contributed by atoms with Crippen LogP contribution in [-0.2, 0) is 6.42 Å². The van der Waals surface area contributed by atoms with Gasteiger partial charge in [-0.05, 0) is 49.9 Å². The number of hydrogen-bond donors (Lipinski definition) is 0. The van der Waals surface area contributed by atoms with Crippen molar-refractivity contribution in [3.05, 3.63) is 56.3 Å². The van der Waals surface area contributed by atoms with Gasteiger partial charge in [0.15, 0.2) is 0 Å². The zero-order valence-corrected chi connectivity index (χ0v) is 17.3. The van der Waals surface area contributed by atoms with Gasteiger partial charge in [0.05, 0.1) is 15.6 Å². The summed E-state index contributed by atoms with van der Waals surface area (Å²) in [5.41, 5.74) is 3.43. The van der Waals surface area contributed by atoms with Gasteiger partial charge in [-0.2, -0.15) is 0 Å². The van der Waals surface area contributed by atoms with Gasteiger partial charge >= 0.3 is 0 Å². The molecule has 3 aromatic rings. The Morgan fingerprint density at radius 2 is 2.00 bits per heavy atom. The molecule has 4 rings (SSSR count). The van der Waals surface area contributed by atoms with Crippen LogP contribution in [0.5, 0.6) is 0 Å². The molecule has 140 valence electrons. The molecule has 0 bridgehead atoms. The fourth-order valence-corrected chi connectivity index (χ4v) is 5.67. The zero-order chi connectivity index (χ0) is 18.8. The van der Waals surface area contributed by atoms with E-state index in [1.807, 2.05) is 17.0 Å². The van der Waals surface area contributed by atoms with Crippen LogP contribution in [-0.4, -0.2) is 33.9 Å². The van der Waals surface area contributed by atoms with Crippen LogP contribution in [0.25, 0.3) is 11.3 Å². The van der Waals surface area contributed by atoms with Crippen LogP contribution < -0.4 is 0 Å². The third-order valence-electron chi connectivity index (χ3n) is 5.24. The summed E-state index contributed by atoms with van der Waals surface area (Å²) in [6.07, 6.45) is 6.56. The standard InChI is InChI=1S/C21H23N3OS2/c1-3-15-12-19(27-14(15)2)21(25)24-10-6-17(7-11-24)20-23-18(13-26-20)16-4-8-22-9-5-16/h4-5,8-9,12-13,17H,3,6-7,10-11H2,1-2H3. The van der Waals surface area contributed by atoms with Crippen molar-refractivity contribution in [3.8, 4) is 11.3 Å². The summed E-state index contributed by atoms with van der Waals surface area (Å²) in [4.78, 5) is 25.9. The Hall–Kier alpha value is -2.05. The molecule has 0 N–H and O–H groups in total. The Bertz CT molecular complexity index is 924. The van der Waals surface area contributed by atoms with Gasteiger partial charge in [-0.3, -0.25) is 9.78 Å². The number of amides is 1. The summed E-state index contributed by atoms with van der Waals surface area (Å²) in [5.74, 6) is 0.642. The Kier molecular flexibility index (Phi) is 5.36. The Labute approximate surface area is 167 Å². The van der Waals surface area contributed by atoms with Gasteiger partial charge in [-0.25, -0.2) is 4.98 Å². The highest BCUT2D eigenvalue weighted by atomic mass is 32.1. The lowest BCUT2D eigenvalue weighted by Crippen LogP contribution is -2.37. The van der Waals surface area contributed by atoms with Crippen LogP contribution >= 0.6 is 22.7 Å². The molecule has 0 spiro atoms. The molecule has 0 radical (unpaired) electrons. The Morgan fingerprint density at radius 1 is 1.26 bits per heavy atom. The molecule has 0 saturated carbocycles. The fourth-order valence-electron chi connectivity index (χ4n) is 3.59. The lowest BCUT2D eigenvalue weighted by Gasteiger charge is -2.30. The van der Waals surface area contributed by atoms with Gasteiger partial charge in [0, 0.05) is 47.2 Å². The molecule has 0 unspecified atom stereocenters. The number of nitrogens with zero attached hydrogens (tertiary/aromatic N) is 3. The van der Waals surface area contributed by atoms with E-state index in [-0.39, 0.29) is 5.91 Å². The number of thiazole rings is 1. The molecular formula is C21H23N3OS2. The van der Waals surface area contributed by atoms with Gasteiger partial charge in [-0.15, -0.1) is 22.7 Å². The van der Waals surface area contributed by atoms with Crippen LogP contribution in [0.4, 0.5) is 0 Å². The van der Waals surface area contributed by atoms with Gasteiger partial charge < -0.3 is 4.90 Å². The average molecular weight is 398 g/mol. The van der Waals surface area contributed by atoms with Crippen LogP contribution in [0.2, 0.25) is 0 Å². The van der Waals surface area contributed by atoms with Crippen molar-refractivity contribution in [1.29, 1.82) is 0 Å². The third-order valence-corrected chi connectivity index (χ3v) is 7.33. The second kappa shape index (κ2) is 7.90. The number of aryl methyl sites for hydroxylation is 2. The average Bonchev–Trinajstić information content (AvgIpc) is 3.35. The molecular weight excluding hydrogens is 374 g/mol. The first kappa shape index (κ1) is 18.3. The van der Waals surface area contributed by atoms with Gasteiger partial charge in [-0.1, -0.05) is 6.92 Å². The highest BCUT2D eigenvalue weighted by Crippen LogP contribution is 2.33. The minimum absolute atomic E-state index is 0.192. The van der Waals surface area contributed by atoms with Crippen molar-refractivity contribution in [3.63, 3.8) is 0 Å². The second-order valence-corrected chi connectivity index (χ2v) is 9.06. The first-order valence-corrected chi connectivity index (χ1v) is 11.1. The summed E-state index contributed by atoms with van der Waals surface area (Å²) in [5, 5.41) is 3.32. The quantitative estimate of drug-likeness (QED) is 0.611. The van der Waals surface area contributed by atoms with E-state index in [4.69, 9.17) is 4.98 Å². The molecule has 1 amide bonds.